The highest BCUT2D eigenvalue weighted by Crippen LogP contribution is 2.39. The topological polar surface area (TPSA) is 66.0 Å². The van der Waals surface area contributed by atoms with E-state index in [0.717, 1.165) is 6.07 Å². The molecule has 154 valence electrons. The summed E-state index contributed by atoms with van der Waals surface area (Å²) in [6, 6.07) is 2.34. The average molecular weight is 404 g/mol. The summed E-state index contributed by atoms with van der Waals surface area (Å²) < 4.78 is 40.5. The lowest BCUT2D eigenvalue weighted by molar-refractivity contribution is -0.136. The molecule has 3 N–H and O–H groups in total. The highest BCUT2D eigenvalue weighted by Gasteiger charge is 2.34. The fourth-order valence-electron chi connectivity index (χ4n) is 2.76. The molecule has 0 saturated heterocycles. The second kappa shape index (κ2) is 9.27. The van der Waals surface area contributed by atoms with E-state index in [1.807, 2.05) is 13.0 Å². The minimum Gasteiger partial charge on any atom is -0.385 e. The first-order valence-corrected chi connectivity index (χ1v) is 8.99. The van der Waals surface area contributed by atoms with E-state index in [-0.39, 0.29) is 16.8 Å². The van der Waals surface area contributed by atoms with Crippen LogP contribution in [0.3, 0.4) is 0 Å². The zero-order valence-electron chi connectivity index (χ0n) is 16.4. The molecule has 29 heavy (non-hydrogen) atoms. The second-order valence-electron chi connectivity index (χ2n) is 6.05. The number of carbonyl (C=O) groups is 1. The van der Waals surface area contributed by atoms with Crippen LogP contribution in [0.2, 0.25) is 0 Å². The Kier molecular flexibility index (Phi) is 7.03. The summed E-state index contributed by atoms with van der Waals surface area (Å²) in [5.41, 5.74) is 0.345. The lowest BCUT2D eigenvalue weighted by Crippen LogP contribution is -2.20. The van der Waals surface area contributed by atoms with Gasteiger partial charge in [-0.15, -0.1) is 0 Å². The summed E-state index contributed by atoms with van der Waals surface area (Å²) in [4.78, 5) is 16.4. The molecule has 0 spiro atoms. The molecule has 5 nitrogen and oxygen atoms in total. The third-order valence-electron chi connectivity index (χ3n) is 4.11. The molecule has 1 aromatic carbocycles. The molecule has 8 heteroatoms. The predicted octanol–water partition coefficient (Wildman–Crippen LogP) is 5.10. The van der Waals surface area contributed by atoms with Crippen molar-refractivity contribution in [1.29, 1.82) is 0 Å². The van der Waals surface area contributed by atoms with Crippen LogP contribution in [0.1, 0.15) is 29.8 Å². The van der Waals surface area contributed by atoms with Crippen LogP contribution in [0.4, 0.5) is 24.5 Å². The van der Waals surface area contributed by atoms with Crippen molar-refractivity contribution >= 4 is 28.2 Å². The van der Waals surface area contributed by atoms with Gasteiger partial charge in [-0.05, 0) is 38.1 Å². The number of fused-ring (bicyclic) bond motifs is 1. The van der Waals surface area contributed by atoms with E-state index in [9.17, 15) is 18.0 Å². The summed E-state index contributed by atoms with van der Waals surface area (Å²) in [6.45, 7) is 7.59. The van der Waals surface area contributed by atoms with E-state index in [2.05, 4.69) is 27.5 Å². The highest BCUT2D eigenvalue weighted by molar-refractivity contribution is 6.08. The average Bonchev–Trinajstić information content (AvgIpc) is 2.69. The molecule has 0 aliphatic heterocycles. The molecule has 1 heterocycles. The quantitative estimate of drug-likeness (QED) is 0.562. The number of nitrogens with zero attached hydrogens (tertiary/aromatic N) is 1. The van der Waals surface area contributed by atoms with E-state index in [0.29, 0.717) is 23.3 Å². The zero-order chi connectivity index (χ0) is 21.6. The number of aromatic nitrogens is 1. The normalized spacial score (nSPS) is 12.3. The van der Waals surface area contributed by atoms with Crippen LogP contribution in [0.15, 0.2) is 54.9 Å². The van der Waals surface area contributed by atoms with Crippen LogP contribution in [0, 0.1) is 0 Å². The Morgan fingerprint density at radius 2 is 2.03 bits per heavy atom. The number of nitrogens with one attached hydrogen (secondary N) is 3. The third kappa shape index (κ3) is 4.96. The number of amides is 1. The van der Waals surface area contributed by atoms with Crippen molar-refractivity contribution in [1.82, 2.24) is 10.3 Å². The molecule has 0 bridgehead atoms. The van der Waals surface area contributed by atoms with Crippen LogP contribution >= 0.6 is 0 Å². The maximum atomic E-state index is 13.5. The van der Waals surface area contributed by atoms with Gasteiger partial charge in [0.2, 0.25) is 0 Å². The molecule has 0 radical (unpaired) electrons. The van der Waals surface area contributed by atoms with Gasteiger partial charge in [0.05, 0.1) is 22.3 Å². The Bertz CT molecular complexity index is 978. The van der Waals surface area contributed by atoms with Crippen molar-refractivity contribution in [3.63, 3.8) is 0 Å². The van der Waals surface area contributed by atoms with Crippen LogP contribution in [-0.4, -0.2) is 24.5 Å². The Labute approximate surface area is 167 Å². The fourth-order valence-corrected chi connectivity index (χ4v) is 2.76. The minimum atomic E-state index is -4.54. The van der Waals surface area contributed by atoms with Gasteiger partial charge in [-0.3, -0.25) is 9.78 Å². The van der Waals surface area contributed by atoms with Crippen molar-refractivity contribution in [2.75, 3.05) is 24.2 Å². The summed E-state index contributed by atoms with van der Waals surface area (Å²) in [7, 11) is 1.47. The van der Waals surface area contributed by atoms with E-state index in [1.54, 1.807) is 25.2 Å². The number of hydrogen-bond acceptors (Lipinski definition) is 4. The van der Waals surface area contributed by atoms with Crippen LogP contribution in [-0.2, 0) is 6.18 Å². The molecule has 2 aromatic rings. The standard InChI is InChI=1S/C21H23F3N4O/c1-5-8-9-13(6-2)28-19-14-10-18(26-7-3)16(21(22,23)24)11-17(14)27-12-15(19)20(29)25-4/h5-6,8-12,26H,2,7H2,1,3-4H3,(H,25,29)(H,27,28)/b8-5-,13-9+. The minimum absolute atomic E-state index is 0.0796. The summed E-state index contributed by atoms with van der Waals surface area (Å²) in [5.74, 6) is -0.416. The lowest BCUT2D eigenvalue weighted by Gasteiger charge is -2.18. The first-order valence-electron chi connectivity index (χ1n) is 8.99. The van der Waals surface area contributed by atoms with Gasteiger partial charge in [-0.25, -0.2) is 0 Å². The Morgan fingerprint density at radius 3 is 2.59 bits per heavy atom. The highest BCUT2D eigenvalue weighted by atomic mass is 19.4. The predicted molar refractivity (Wildman–Crippen MR) is 111 cm³/mol. The van der Waals surface area contributed by atoms with Crippen LogP contribution in [0.5, 0.6) is 0 Å². The van der Waals surface area contributed by atoms with Gasteiger partial charge in [-0.1, -0.05) is 18.7 Å². The second-order valence-corrected chi connectivity index (χ2v) is 6.05. The van der Waals surface area contributed by atoms with E-state index in [4.69, 9.17) is 0 Å². The summed E-state index contributed by atoms with van der Waals surface area (Å²) in [5, 5.41) is 8.74. The lowest BCUT2D eigenvalue weighted by atomic mass is 10.0. The van der Waals surface area contributed by atoms with Gasteiger partial charge in [0.25, 0.3) is 5.91 Å². The monoisotopic (exact) mass is 404 g/mol. The van der Waals surface area contributed by atoms with Gasteiger partial charge in [0.1, 0.15) is 0 Å². The molecule has 0 saturated carbocycles. The number of benzene rings is 1. The number of allylic oxidation sites excluding steroid dienone is 4. The summed E-state index contributed by atoms with van der Waals surface area (Å²) in [6.07, 6.45) is 3.59. The smallest absolute Gasteiger partial charge is 0.385 e. The van der Waals surface area contributed by atoms with Gasteiger partial charge < -0.3 is 16.0 Å². The first-order chi connectivity index (χ1) is 13.8. The SMILES string of the molecule is C=C/C(=C\C=C/C)Nc1c(C(=O)NC)cnc2cc(C(F)(F)F)c(NCC)cc12. The van der Waals surface area contributed by atoms with Crippen molar-refractivity contribution in [2.24, 2.45) is 0 Å². The number of carbonyl (C=O) groups excluding carboxylic acids is 1. The number of pyridine rings is 1. The maximum Gasteiger partial charge on any atom is 0.418 e. The number of halogens is 3. The molecule has 1 amide bonds. The maximum absolute atomic E-state index is 13.5. The van der Waals surface area contributed by atoms with E-state index in [1.165, 1.54) is 19.3 Å². The number of rotatable bonds is 7. The number of hydrogen-bond donors (Lipinski definition) is 3. The van der Waals surface area contributed by atoms with Crippen molar-refractivity contribution < 1.29 is 18.0 Å². The number of alkyl halides is 3. The number of anilines is 2. The molecule has 0 unspecified atom stereocenters. The largest absolute Gasteiger partial charge is 0.418 e. The van der Waals surface area contributed by atoms with Gasteiger partial charge >= 0.3 is 6.18 Å². The molecule has 1 aromatic heterocycles. The van der Waals surface area contributed by atoms with Crippen molar-refractivity contribution in [3.05, 3.63) is 66.0 Å². The first kappa shape index (κ1) is 22.0. The zero-order valence-corrected chi connectivity index (χ0v) is 16.4. The Hall–Kier alpha value is -3.29. The molecular weight excluding hydrogens is 381 g/mol. The molecular formula is C21H23F3N4O. The molecule has 0 aliphatic rings. The van der Waals surface area contributed by atoms with Crippen LogP contribution in [0.25, 0.3) is 10.9 Å². The molecule has 0 fully saturated rings. The summed E-state index contributed by atoms with van der Waals surface area (Å²) >= 11 is 0. The fraction of sp³-hybridized carbons (Fsp3) is 0.238. The molecule has 2 rings (SSSR count). The Balaban J connectivity index is 2.82. The van der Waals surface area contributed by atoms with Crippen LogP contribution < -0.4 is 16.0 Å². The molecule has 0 aliphatic carbocycles. The van der Waals surface area contributed by atoms with Gasteiger partial charge in [0.15, 0.2) is 0 Å². The van der Waals surface area contributed by atoms with Crippen molar-refractivity contribution in [3.8, 4) is 0 Å². The third-order valence-corrected chi connectivity index (χ3v) is 4.11. The van der Waals surface area contributed by atoms with E-state index >= 15 is 0 Å². The van der Waals surface area contributed by atoms with E-state index < -0.39 is 17.6 Å². The Morgan fingerprint density at radius 1 is 1.31 bits per heavy atom. The van der Waals surface area contributed by atoms with Crippen molar-refractivity contribution in [2.45, 2.75) is 20.0 Å². The van der Waals surface area contributed by atoms with Gasteiger partial charge in [0, 0.05) is 36.6 Å². The molecule has 0 atom stereocenters. The van der Waals surface area contributed by atoms with Gasteiger partial charge in [-0.2, -0.15) is 13.2 Å².